The molecule has 1 heterocycles. The number of ether oxygens (including phenoxy) is 2. The number of carbonyl (C=O) groups excluding carboxylic acids is 3. The van der Waals surface area contributed by atoms with Crippen LogP contribution in [0.15, 0.2) is 66.2 Å². The maximum atomic E-state index is 13.2. The lowest BCUT2D eigenvalue weighted by atomic mass is 10.1. The fraction of sp³-hybridized carbons (Fsp3) is 0.115. The highest BCUT2D eigenvalue weighted by Crippen LogP contribution is 2.36. The fourth-order valence-electron chi connectivity index (χ4n) is 3.66. The molecule has 1 aliphatic heterocycles. The lowest BCUT2D eigenvalue weighted by Gasteiger charge is -2.26. The molecule has 0 unspecified atom stereocenters. The third-order valence-electron chi connectivity index (χ3n) is 5.32. The Morgan fingerprint density at radius 3 is 2.55 bits per heavy atom. The predicted octanol–water partition coefficient (Wildman–Crippen LogP) is 5.50. The molecule has 1 saturated heterocycles. The number of imide groups is 2. The lowest BCUT2D eigenvalue weighted by Crippen LogP contribution is -2.54. The summed E-state index contributed by atoms with van der Waals surface area (Å²) in [5.41, 5.74) is 0.614. The summed E-state index contributed by atoms with van der Waals surface area (Å²) in [6.45, 7) is 2.37. The van der Waals surface area contributed by atoms with Gasteiger partial charge in [0.1, 0.15) is 12.2 Å². The quantitative estimate of drug-likeness (QED) is 0.113. The van der Waals surface area contributed by atoms with Crippen molar-refractivity contribution in [2.75, 3.05) is 11.5 Å². The highest BCUT2D eigenvalue weighted by molar-refractivity contribution is 14.1. The van der Waals surface area contributed by atoms with Crippen LogP contribution in [0.25, 0.3) is 6.08 Å². The van der Waals surface area contributed by atoms with Gasteiger partial charge in [-0.1, -0.05) is 29.8 Å². The SMILES string of the molecule is CCOc1cc(/C=C2\C(=O)NC(=O)N(c3cccc([N+](=O)[O-])c3)C2=O)cc(I)c1OCc1cccc(Cl)c1. The van der Waals surface area contributed by atoms with Crippen molar-refractivity contribution in [3.63, 3.8) is 0 Å². The van der Waals surface area contributed by atoms with E-state index >= 15 is 0 Å². The first kappa shape index (κ1) is 27.1. The van der Waals surface area contributed by atoms with Crippen LogP contribution in [0.4, 0.5) is 16.2 Å². The second-order valence-corrected chi connectivity index (χ2v) is 9.52. The number of carbonyl (C=O) groups is 3. The summed E-state index contributed by atoms with van der Waals surface area (Å²) >= 11 is 8.11. The molecule has 1 aliphatic rings. The first-order valence-electron chi connectivity index (χ1n) is 11.2. The summed E-state index contributed by atoms with van der Waals surface area (Å²) in [5.74, 6) is -0.949. The second-order valence-electron chi connectivity index (χ2n) is 7.92. The van der Waals surface area contributed by atoms with Crippen molar-refractivity contribution in [1.29, 1.82) is 0 Å². The van der Waals surface area contributed by atoms with E-state index in [1.165, 1.54) is 24.3 Å². The number of halogens is 2. The van der Waals surface area contributed by atoms with Gasteiger partial charge in [-0.05, 0) is 77.0 Å². The van der Waals surface area contributed by atoms with Crippen LogP contribution in [0.1, 0.15) is 18.1 Å². The zero-order valence-corrected chi connectivity index (χ0v) is 22.7. The van der Waals surface area contributed by atoms with Crippen LogP contribution in [-0.2, 0) is 16.2 Å². The maximum absolute atomic E-state index is 13.2. The molecule has 194 valence electrons. The van der Waals surface area contributed by atoms with E-state index < -0.39 is 22.8 Å². The topological polar surface area (TPSA) is 128 Å². The van der Waals surface area contributed by atoms with Gasteiger partial charge in [0.15, 0.2) is 11.5 Å². The summed E-state index contributed by atoms with van der Waals surface area (Å²) in [6, 6.07) is 14.5. The standard InChI is InChI=1S/C26H19ClIN3O7/c1-2-37-22-12-16(11-21(28)23(22)38-14-15-5-3-6-17(27)9-15)10-20-24(32)29-26(34)30(25(20)33)18-7-4-8-19(13-18)31(35)36/h3-13H,2,14H2,1H3,(H,29,32,34)/b20-10+. The van der Waals surface area contributed by atoms with E-state index in [1.807, 2.05) is 12.1 Å². The van der Waals surface area contributed by atoms with E-state index in [4.69, 9.17) is 21.1 Å². The smallest absolute Gasteiger partial charge is 0.335 e. The van der Waals surface area contributed by atoms with Gasteiger partial charge in [0.05, 0.1) is 20.8 Å². The molecule has 0 saturated carbocycles. The van der Waals surface area contributed by atoms with E-state index in [1.54, 1.807) is 31.2 Å². The van der Waals surface area contributed by atoms with Crippen molar-refractivity contribution in [3.05, 3.63) is 96.1 Å². The van der Waals surface area contributed by atoms with Crippen LogP contribution in [-0.4, -0.2) is 29.4 Å². The third-order valence-corrected chi connectivity index (χ3v) is 6.35. The minimum Gasteiger partial charge on any atom is -0.490 e. The molecule has 4 rings (SSSR count). The molecule has 0 aromatic heterocycles. The summed E-state index contributed by atoms with van der Waals surface area (Å²) in [7, 11) is 0. The molecule has 3 aromatic carbocycles. The Morgan fingerprint density at radius 1 is 1.08 bits per heavy atom. The first-order chi connectivity index (χ1) is 18.2. The Hall–Kier alpha value is -3.97. The number of rotatable bonds is 8. The molecule has 4 amide bonds. The number of benzene rings is 3. The molecular formula is C26H19ClIN3O7. The minimum absolute atomic E-state index is 0.0468. The van der Waals surface area contributed by atoms with Crippen LogP contribution in [0.5, 0.6) is 11.5 Å². The van der Waals surface area contributed by atoms with Gasteiger partial charge < -0.3 is 9.47 Å². The second kappa shape index (κ2) is 11.6. The molecule has 0 atom stereocenters. The predicted molar refractivity (Wildman–Crippen MR) is 148 cm³/mol. The average Bonchev–Trinajstić information content (AvgIpc) is 2.86. The van der Waals surface area contributed by atoms with Crippen LogP contribution in [0.3, 0.4) is 0 Å². The number of non-ortho nitro benzene ring substituents is 1. The summed E-state index contributed by atoms with van der Waals surface area (Å²) in [5, 5.41) is 13.8. The van der Waals surface area contributed by atoms with E-state index in [0.717, 1.165) is 11.6 Å². The highest BCUT2D eigenvalue weighted by atomic mass is 127. The van der Waals surface area contributed by atoms with E-state index in [0.29, 0.717) is 37.2 Å². The number of hydrogen-bond donors (Lipinski definition) is 1. The molecule has 3 aromatic rings. The number of urea groups is 1. The number of hydrogen-bond acceptors (Lipinski definition) is 7. The van der Waals surface area contributed by atoms with E-state index in [9.17, 15) is 24.5 Å². The Bertz CT molecular complexity index is 1490. The van der Waals surface area contributed by atoms with Crippen LogP contribution in [0, 0.1) is 13.7 Å². The summed E-state index contributed by atoms with van der Waals surface area (Å²) < 4.78 is 12.4. The first-order valence-corrected chi connectivity index (χ1v) is 12.6. The Balaban J connectivity index is 1.67. The molecule has 38 heavy (non-hydrogen) atoms. The molecular weight excluding hydrogens is 629 g/mol. The highest BCUT2D eigenvalue weighted by Gasteiger charge is 2.37. The fourth-order valence-corrected chi connectivity index (χ4v) is 4.65. The Morgan fingerprint density at radius 2 is 1.84 bits per heavy atom. The number of nitrogens with zero attached hydrogens (tertiary/aromatic N) is 2. The van der Waals surface area contributed by atoms with Gasteiger partial charge in [0.2, 0.25) is 0 Å². The van der Waals surface area contributed by atoms with Crippen molar-refractivity contribution in [2.45, 2.75) is 13.5 Å². The third kappa shape index (κ3) is 5.94. The number of nitro benzene ring substituents is 1. The molecule has 0 aliphatic carbocycles. The minimum atomic E-state index is -1.01. The van der Waals surface area contributed by atoms with Gasteiger partial charge in [-0.2, -0.15) is 0 Å². The zero-order chi connectivity index (χ0) is 27.4. The van der Waals surface area contributed by atoms with Crippen molar-refractivity contribution < 1.29 is 28.8 Å². The average molecular weight is 648 g/mol. The molecule has 0 spiro atoms. The van der Waals surface area contributed by atoms with Gasteiger partial charge in [-0.15, -0.1) is 0 Å². The number of amides is 4. The molecule has 12 heteroatoms. The normalized spacial score (nSPS) is 14.4. The summed E-state index contributed by atoms with van der Waals surface area (Å²) in [6.07, 6.45) is 1.32. The van der Waals surface area contributed by atoms with Crippen molar-refractivity contribution in [2.24, 2.45) is 0 Å². The summed E-state index contributed by atoms with van der Waals surface area (Å²) in [4.78, 5) is 49.5. The van der Waals surface area contributed by atoms with Gasteiger partial charge in [0, 0.05) is 17.2 Å². The lowest BCUT2D eigenvalue weighted by molar-refractivity contribution is -0.384. The molecule has 0 bridgehead atoms. The zero-order valence-electron chi connectivity index (χ0n) is 19.8. The monoisotopic (exact) mass is 647 g/mol. The molecule has 1 fully saturated rings. The van der Waals surface area contributed by atoms with Crippen molar-refractivity contribution >= 4 is 69.5 Å². The van der Waals surface area contributed by atoms with E-state index in [-0.39, 0.29) is 23.6 Å². The van der Waals surface area contributed by atoms with Crippen molar-refractivity contribution in [3.8, 4) is 11.5 Å². The number of nitrogens with one attached hydrogen (secondary N) is 1. The molecule has 10 nitrogen and oxygen atoms in total. The van der Waals surface area contributed by atoms with Gasteiger partial charge >= 0.3 is 6.03 Å². The largest absolute Gasteiger partial charge is 0.490 e. The number of barbiturate groups is 1. The Kier molecular flexibility index (Phi) is 8.27. The van der Waals surface area contributed by atoms with Gasteiger partial charge in [-0.3, -0.25) is 25.0 Å². The molecule has 0 radical (unpaired) electrons. The Labute approximate surface area is 235 Å². The number of nitro groups is 1. The maximum Gasteiger partial charge on any atom is 0.335 e. The number of anilines is 1. The molecule has 1 N–H and O–H groups in total. The van der Waals surface area contributed by atoms with Crippen LogP contribution >= 0.6 is 34.2 Å². The van der Waals surface area contributed by atoms with E-state index in [2.05, 4.69) is 27.9 Å². The van der Waals surface area contributed by atoms with Crippen LogP contribution < -0.4 is 19.7 Å². The van der Waals surface area contributed by atoms with Gasteiger partial charge in [-0.25, -0.2) is 9.69 Å². The van der Waals surface area contributed by atoms with Crippen molar-refractivity contribution in [1.82, 2.24) is 5.32 Å². The van der Waals surface area contributed by atoms with Crippen LogP contribution in [0.2, 0.25) is 5.02 Å². The van der Waals surface area contributed by atoms with Gasteiger partial charge in [0.25, 0.3) is 17.5 Å².